The van der Waals surface area contributed by atoms with Gasteiger partial charge in [-0.15, -0.1) is 0 Å². The molecule has 8 heteroatoms. The normalized spacial score (nSPS) is 11.9. The Balaban J connectivity index is 0.884. The van der Waals surface area contributed by atoms with Crippen LogP contribution in [0.25, 0.3) is 109 Å². The maximum absolute atomic E-state index is 11.1. The largest absolute Gasteiger partial charge is 0.454 e. The number of rotatable bonds is 6. The first-order chi connectivity index (χ1) is 35.6. The molecule has 15 aromatic rings. The molecular formula is C64H34N4O4. The molecule has 0 saturated carbocycles. The van der Waals surface area contributed by atoms with Crippen molar-refractivity contribution in [2.24, 2.45) is 0 Å². The van der Waals surface area contributed by atoms with Crippen LogP contribution in [0.15, 0.2) is 224 Å². The molecule has 0 N–H and O–H groups in total. The lowest BCUT2D eigenvalue weighted by Crippen LogP contribution is -2.10. The van der Waals surface area contributed by atoms with Crippen molar-refractivity contribution in [3.05, 3.63) is 217 Å². The van der Waals surface area contributed by atoms with E-state index in [0.29, 0.717) is 38.7 Å². The van der Waals surface area contributed by atoms with Gasteiger partial charge in [-0.2, -0.15) is 10.5 Å². The zero-order chi connectivity index (χ0) is 47.6. The molecule has 0 aliphatic rings. The predicted molar refractivity (Wildman–Crippen MR) is 289 cm³/mol. The molecule has 72 heavy (non-hydrogen) atoms. The summed E-state index contributed by atoms with van der Waals surface area (Å²) in [6.45, 7) is 0. The number of hydrogen-bond donors (Lipinski definition) is 0. The van der Waals surface area contributed by atoms with E-state index < -0.39 is 0 Å². The van der Waals surface area contributed by atoms with Crippen LogP contribution in [0.2, 0.25) is 0 Å². The Labute approximate surface area is 409 Å². The highest BCUT2D eigenvalue weighted by atomic mass is 16.3. The number of furan rings is 4. The van der Waals surface area contributed by atoms with Crippen molar-refractivity contribution < 1.29 is 17.7 Å². The van der Waals surface area contributed by atoms with Crippen molar-refractivity contribution in [2.75, 3.05) is 9.80 Å². The highest BCUT2D eigenvalue weighted by Gasteiger charge is 2.27. The Bertz CT molecular complexity index is 4560. The zero-order valence-electron chi connectivity index (χ0n) is 38.1. The second-order valence-electron chi connectivity index (χ2n) is 18.2. The van der Waals surface area contributed by atoms with E-state index in [1.807, 2.05) is 84.9 Å². The monoisotopic (exact) mass is 922 g/mol. The van der Waals surface area contributed by atoms with Gasteiger partial charge in [-0.1, -0.05) is 109 Å². The summed E-state index contributed by atoms with van der Waals surface area (Å²) in [5, 5.41) is 32.6. The van der Waals surface area contributed by atoms with Crippen LogP contribution in [-0.2, 0) is 0 Å². The van der Waals surface area contributed by atoms with E-state index in [1.165, 1.54) is 0 Å². The minimum absolute atomic E-state index is 0.240. The van der Waals surface area contributed by atoms with Crippen molar-refractivity contribution in [1.82, 2.24) is 0 Å². The van der Waals surface area contributed by atoms with Crippen LogP contribution in [0, 0.1) is 22.7 Å². The molecule has 4 aromatic heterocycles. The molecule has 0 radical (unpaired) electrons. The van der Waals surface area contributed by atoms with Gasteiger partial charge in [0.05, 0.1) is 16.9 Å². The number of benzene rings is 11. The van der Waals surface area contributed by atoms with Gasteiger partial charge in [0.2, 0.25) is 0 Å². The molecule has 0 fully saturated rings. The lowest BCUT2D eigenvalue weighted by atomic mass is 9.96. The average Bonchev–Trinajstić information content (AvgIpc) is 4.20. The van der Waals surface area contributed by atoms with Gasteiger partial charge in [0.15, 0.2) is 22.3 Å². The molecule has 4 heterocycles. The number of nitriles is 2. The van der Waals surface area contributed by atoms with Gasteiger partial charge < -0.3 is 27.5 Å². The highest BCUT2D eigenvalue weighted by Crippen LogP contribution is 2.48. The zero-order valence-corrected chi connectivity index (χ0v) is 38.1. The SMILES string of the molecule is N#Cc1c2oc3cc4cc(N(c5ccccc5)c5cccc6c5oc5ccccc56)ccc4cc3c2c(C#N)c2c1oc1cc3cc(N(c4ccccc4)c4cccc5c4oc4ccccc45)ccc3cc12. The van der Waals surface area contributed by atoms with Gasteiger partial charge in [-0.3, -0.25) is 0 Å². The van der Waals surface area contributed by atoms with Crippen LogP contribution in [0.3, 0.4) is 0 Å². The van der Waals surface area contributed by atoms with Crippen LogP contribution in [0.4, 0.5) is 34.1 Å². The molecule has 0 saturated heterocycles. The van der Waals surface area contributed by atoms with E-state index in [2.05, 4.69) is 143 Å². The first-order valence-corrected chi connectivity index (χ1v) is 23.7. The molecule has 0 atom stereocenters. The van der Waals surface area contributed by atoms with Crippen LogP contribution in [0.1, 0.15) is 11.1 Å². The minimum Gasteiger partial charge on any atom is -0.454 e. The van der Waals surface area contributed by atoms with Gasteiger partial charge in [-0.05, 0) is 119 Å². The summed E-state index contributed by atoms with van der Waals surface area (Å²) in [6, 6.07) is 75.0. The quantitative estimate of drug-likeness (QED) is 0.162. The molecule has 0 amide bonds. The van der Waals surface area contributed by atoms with Gasteiger partial charge in [-0.25, -0.2) is 0 Å². The summed E-state index contributed by atoms with van der Waals surface area (Å²) in [7, 11) is 0. The van der Waals surface area contributed by atoms with E-state index in [4.69, 9.17) is 17.7 Å². The lowest BCUT2D eigenvalue weighted by Gasteiger charge is -2.25. The van der Waals surface area contributed by atoms with E-state index >= 15 is 0 Å². The number of fused-ring (bicyclic) bond motifs is 14. The molecular weight excluding hydrogens is 889 g/mol. The number of para-hydroxylation sites is 6. The summed E-state index contributed by atoms with van der Waals surface area (Å²) in [5.41, 5.74) is 11.2. The summed E-state index contributed by atoms with van der Waals surface area (Å²) in [4.78, 5) is 4.42. The third kappa shape index (κ3) is 5.72. The van der Waals surface area contributed by atoms with Crippen LogP contribution < -0.4 is 9.80 Å². The van der Waals surface area contributed by atoms with Crippen molar-refractivity contribution in [3.8, 4) is 12.1 Å². The second-order valence-corrected chi connectivity index (χ2v) is 18.2. The van der Waals surface area contributed by atoms with Crippen LogP contribution in [-0.4, -0.2) is 0 Å². The van der Waals surface area contributed by atoms with E-state index in [-0.39, 0.29) is 5.56 Å². The Morgan fingerprint density at radius 1 is 0.292 bits per heavy atom. The van der Waals surface area contributed by atoms with Gasteiger partial charge >= 0.3 is 0 Å². The van der Waals surface area contributed by atoms with Crippen molar-refractivity contribution in [2.45, 2.75) is 0 Å². The van der Waals surface area contributed by atoms with E-state index in [0.717, 1.165) is 110 Å². The first kappa shape index (κ1) is 39.7. The fourth-order valence-electron chi connectivity index (χ4n) is 11.0. The topological polar surface area (TPSA) is 107 Å². The van der Waals surface area contributed by atoms with Crippen molar-refractivity contribution in [1.29, 1.82) is 10.5 Å². The van der Waals surface area contributed by atoms with E-state index in [9.17, 15) is 10.5 Å². The molecule has 0 unspecified atom stereocenters. The van der Waals surface area contributed by atoms with Crippen LogP contribution >= 0.6 is 0 Å². The van der Waals surface area contributed by atoms with Crippen LogP contribution in [0.5, 0.6) is 0 Å². The Morgan fingerprint density at radius 3 is 1.17 bits per heavy atom. The fourth-order valence-corrected chi connectivity index (χ4v) is 11.0. The minimum atomic E-state index is 0.240. The van der Waals surface area contributed by atoms with Gasteiger partial charge in [0, 0.05) is 65.8 Å². The summed E-state index contributed by atoms with van der Waals surface area (Å²) < 4.78 is 26.4. The summed E-state index contributed by atoms with van der Waals surface area (Å²) >= 11 is 0. The molecule has 11 aromatic carbocycles. The Hall–Kier alpha value is -10.3. The maximum Gasteiger partial charge on any atom is 0.159 e. The number of hydrogen-bond acceptors (Lipinski definition) is 8. The summed E-state index contributed by atoms with van der Waals surface area (Å²) in [5.74, 6) is 0. The van der Waals surface area contributed by atoms with Crippen molar-refractivity contribution >= 4 is 143 Å². The summed E-state index contributed by atoms with van der Waals surface area (Å²) in [6.07, 6.45) is 0. The number of anilines is 6. The molecule has 0 spiro atoms. The van der Waals surface area contributed by atoms with E-state index in [1.54, 1.807) is 0 Å². The number of nitrogens with zero attached hydrogens (tertiary/aromatic N) is 4. The highest BCUT2D eigenvalue weighted by molar-refractivity contribution is 6.24. The molecule has 0 bridgehead atoms. The maximum atomic E-state index is 11.1. The first-order valence-electron chi connectivity index (χ1n) is 23.7. The fraction of sp³-hybridized carbons (Fsp3) is 0. The van der Waals surface area contributed by atoms with Gasteiger partial charge in [0.25, 0.3) is 0 Å². The molecule has 334 valence electrons. The predicted octanol–water partition coefficient (Wildman–Crippen LogP) is 18.3. The lowest BCUT2D eigenvalue weighted by molar-refractivity contribution is 0.654. The van der Waals surface area contributed by atoms with Gasteiger partial charge in [0.1, 0.15) is 40.0 Å². The Morgan fingerprint density at radius 2 is 0.708 bits per heavy atom. The smallest absolute Gasteiger partial charge is 0.159 e. The second kappa shape index (κ2) is 15.1. The van der Waals surface area contributed by atoms with Crippen molar-refractivity contribution in [3.63, 3.8) is 0 Å². The molecule has 8 nitrogen and oxygen atoms in total. The molecule has 0 aliphatic carbocycles. The Kier molecular flexibility index (Phi) is 8.33. The third-order valence-electron chi connectivity index (χ3n) is 14.2. The molecule has 0 aliphatic heterocycles. The molecule has 15 rings (SSSR count). The third-order valence-corrected chi connectivity index (χ3v) is 14.2. The standard InChI is InChI=1S/C64H34N4O4/c65-35-51-59-49-31-37-25-27-43(67(41-13-3-1-4-14-41)53-21-11-19-47-45-17-7-9-23-55(45)69-61(47)53)29-39(37)33-57(49)71-63(59)52(36-66)64-60(51)50-32-38-26-28-44(30-40(38)34-58(50)72-64)68(42-15-5-2-6-16-42)54-22-12-20-48-46-18-8-10-24-56(46)70-62(48)54/h1-34H. The average molecular weight is 923 g/mol.